The zero-order valence-corrected chi connectivity index (χ0v) is 15.7. The van der Waals surface area contributed by atoms with Gasteiger partial charge >= 0.3 is 0 Å². The van der Waals surface area contributed by atoms with Gasteiger partial charge in [-0.3, -0.25) is 4.79 Å². The van der Waals surface area contributed by atoms with Crippen LogP contribution in [0.15, 0.2) is 30.3 Å². The number of aromatic nitrogens is 1. The number of ether oxygens (including phenoxy) is 1. The van der Waals surface area contributed by atoms with Gasteiger partial charge in [-0.15, -0.1) is 0 Å². The maximum atomic E-state index is 11.8. The summed E-state index contributed by atoms with van der Waals surface area (Å²) in [4.78, 5) is 18.8. The minimum atomic E-state index is -0.462. The van der Waals surface area contributed by atoms with Gasteiger partial charge in [0, 0.05) is 25.9 Å². The van der Waals surface area contributed by atoms with Gasteiger partial charge in [0.2, 0.25) is 0 Å². The molecule has 27 heavy (non-hydrogen) atoms. The van der Waals surface area contributed by atoms with Crippen LogP contribution in [-0.2, 0) is 6.54 Å². The molecule has 6 heteroatoms. The summed E-state index contributed by atoms with van der Waals surface area (Å²) in [5.41, 5.74) is 3.48. The highest BCUT2D eigenvalue weighted by Crippen LogP contribution is 2.27. The molecule has 1 atom stereocenters. The molecule has 0 radical (unpaired) electrons. The molecule has 1 aromatic carbocycles. The number of aryl methyl sites for hydroxylation is 1. The summed E-state index contributed by atoms with van der Waals surface area (Å²) in [5.74, 6) is 1.79. The van der Waals surface area contributed by atoms with Crippen molar-refractivity contribution in [3.8, 4) is 5.75 Å². The summed E-state index contributed by atoms with van der Waals surface area (Å²) in [6, 6.07) is 9.60. The number of hydrogen-bond acceptors (Lipinski definition) is 5. The van der Waals surface area contributed by atoms with E-state index in [1.807, 2.05) is 37.3 Å². The number of amides is 1. The number of aliphatic hydroxyl groups excluding tert-OH is 1. The third-order valence-electron chi connectivity index (χ3n) is 5.33. The first-order valence-corrected chi connectivity index (χ1v) is 9.49. The molecule has 6 nitrogen and oxygen atoms in total. The summed E-state index contributed by atoms with van der Waals surface area (Å²) in [7, 11) is 0. The lowest BCUT2D eigenvalue weighted by atomic mass is 10.1. The second-order valence-corrected chi connectivity index (χ2v) is 7.36. The van der Waals surface area contributed by atoms with Crippen molar-refractivity contribution in [2.24, 2.45) is 0 Å². The molecule has 4 rings (SSSR count). The highest BCUT2D eigenvalue weighted by molar-refractivity contribution is 5.98. The molecule has 1 saturated heterocycles. The standard InChI is InChI=1S/C21H25N3O3/c1-13-11-18-19(12-22-21(18)26)23-20(13)24-9-7-17(8-10-24)27-16-5-3-15(4-6-16)14(2)25/h3-6,11,14,17,25H,7-10,12H2,1-2H3,(H,22,26)/t14-/m0/s1. The predicted octanol–water partition coefficient (Wildman–Crippen LogP) is 2.73. The van der Waals surface area contributed by atoms with Crippen molar-refractivity contribution < 1.29 is 14.6 Å². The number of aliphatic hydroxyl groups is 1. The van der Waals surface area contributed by atoms with Crippen molar-refractivity contribution >= 4 is 11.7 Å². The molecule has 0 spiro atoms. The van der Waals surface area contributed by atoms with E-state index in [0.717, 1.165) is 54.3 Å². The number of carbonyl (C=O) groups is 1. The number of rotatable bonds is 4. The first-order chi connectivity index (χ1) is 13.0. The average molecular weight is 367 g/mol. The molecule has 2 aliphatic rings. The zero-order valence-electron chi connectivity index (χ0n) is 15.7. The maximum absolute atomic E-state index is 11.8. The summed E-state index contributed by atoms with van der Waals surface area (Å²) in [6.45, 7) is 6.05. The minimum Gasteiger partial charge on any atom is -0.490 e. The number of benzene rings is 1. The smallest absolute Gasteiger partial charge is 0.253 e. The monoisotopic (exact) mass is 367 g/mol. The predicted molar refractivity (Wildman–Crippen MR) is 103 cm³/mol. The van der Waals surface area contributed by atoms with E-state index >= 15 is 0 Å². The van der Waals surface area contributed by atoms with Gasteiger partial charge in [0.25, 0.3) is 5.91 Å². The molecule has 0 aliphatic carbocycles. The summed E-state index contributed by atoms with van der Waals surface area (Å²) < 4.78 is 6.11. The molecule has 1 aromatic heterocycles. The van der Waals surface area contributed by atoms with Gasteiger partial charge in [0.15, 0.2) is 0 Å². The van der Waals surface area contributed by atoms with Gasteiger partial charge in [-0.05, 0) is 43.2 Å². The Bertz CT molecular complexity index is 840. The highest BCUT2D eigenvalue weighted by Gasteiger charge is 2.26. The molecular weight excluding hydrogens is 342 g/mol. The van der Waals surface area contributed by atoms with Crippen molar-refractivity contribution in [1.29, 1.82) is 0 Å². The highest BCUT2D eigenvalue weighted by atomic mass is 16.5. The normalized spacial score (nSPS) is 18.2. The van der Waals surface area contributed by atoms with E-state index in [1.54, 1.807) is 6.92 Å². The van der Waals surface area contributed by atoms with Gasteiger partial charge < -0.3 is 20.1 Å². The third kappa shape index (κ3) is 3.62. The molecule has 0 saturated carbocycles. The fraction of sp³-hybridized carbons (Fsp3) is 0.429. The molecule has 0 unspecified atom stereocenters. The number of nitrogens with zero attached hydrogens (tertiary/aromatic N) is 2. The average Bonchev–Trinajstić information content (AvgIpc) is 3.02. The topological polar surface area (TPSA) is 74.7 Å². The van der Waals surface area contributed by atoms with Crippen LogP contribution in [0.3, 0.4) is 0 Å². The van der Waals surface area contributed by atoms with Crippen molar-refractivity contribution in [3.63, 3.8) is 0 Å². The Kier molecular flexibility index (Phi) is 4.74. The minimum absolute atomic E-state index is 0.0270. The Hall–Kier alpha value is -2.60. The van der Waals surface area contributed by atoms with E-state index in [4.69, 9.17) is 9.72 Å². The van der Waals surface area contributed by atoms with Crippen LogP contribution in [-0.4, -0.2) is 35.2 Å². The van der Waals surface area contributed by atoms with Crippen molar-refractivity contribution in [1.82, 2.24) is 10.3 Å². The number of piperidine rings is 1. The first-order valence-electron chi connectivity index (χ1n) is 9.49. The van der Waals surface area contributed by atoms with Crippen LogP contribution in [0.1, 0.15) is 53.0 Å². The lowest BCUT2D eigenvalue weighted by molar-refractivity contribution is 0.0965. The Balaban J connectivity index is 1.38. The second-order valence-electron chi connectivity index (χ2n) is 7.36. The third-order valence-corrected chi connectivity index (χ3v) is 5.33. The summed E-state index contributed by atoms with van der Waals surface area (Å²) in [5, 5.41) is 12.4. The van der Waals surface area contributed by atoms with Crippen LogP contribution in [0.2, 0.25) is 0 Å². The Morgan fingerprint density at radius 1 is 1.26 bits per heavy atom. The van der Waals surface area contributed by atoms with Crippen LogP contribution in [0.4, 0.5) is 5.82 Å². The van der Waals surface area contributed by atoms with Gasteiger partial charge in [-0.25, -0.2) is 4.98 Å². The molecule has 2 aromatic rings. The van der Waals surface area contributed by atoms with E-state index in [1.165, 1.54) is 0 Å². The first kappa shape index (κ1) is 17.8. The maximum Gasteiger partial charge on any atom is 0.253 e. The van der Waals surface area contributed by atoms with Crippen LogP contribution < -0.4 is 15.0 Å². The van der Waals surface area contributed by atoms with E-state index in [9.17, 15) is 9.90 Å². The molecule has 0 bridgehead atoms. The van der Waals surface area contributed by atoms with Gasteiger partial charge in [0.05, 0.1) is 23.9 Å². The molecule has 3 heterocycles. The largest absolute Gasteiger partial charge is 0.490 e. The Labute approximate surface area is 159 Å². The van der Waals surface area contributed by atoms with Crippen molar-refractivity contribution in [3.05, 3.63) is 52.7 Å². The van der Waals surface area contributed by atoms with E-state index in [0.29, 0.717) is 12.1 Å². The number of anilines is 1. The Morgan fingerprint density at radius 2 is 1.96 bits per heavy atom. The fourth-order valence-electron chi connectivity index (χ4n) is 3.75. The molecule has 1 fully saturated rings. The summed E-state index contributed by atoms with van der Waals surface area (Å²) in [6.07, 6.45) is 1.56. The lowest BCUT2D eigenvalue weighted by Gasteiger charge is -2.34. The molecule has 2 aliphatic heterocycles. The van der Waals surface area contributed by atoms with Crippen LogP contribution in [0.25, 0.3) is 0 Å². The fourth-order valence-corrected chi connectivity index (χ4v) is 3.75. The lowest BCUT2D eigenvalue weighted by Crippen LogP contribution is -2.39. The van der Waals surface area contributed by atoms with Crippen LogP contribution in [0.5, 0.6) is 5.75 Å². The SMILES string of the molecule is Cc1cc2c(nc1N1CCC(Oc3ccc([C@H](C)O)cc3)CC1)CNC2=O. The number of hydrogen-bond donors (Lipinski definition) is 2. The summed E-state index contributed by atoms with van der Waals surface area (Å²) >= 11 is 0. The van der Waals surface area contributed by atoms with Crippen molar-refractivity contribution in [2.75, 3.05) is 18.0 Å². The van der Waals surface area contributed by atoms with Gasteiger partial charge in [-0.2, -0.15) is 0 Å². The number of carbonyl (C=O) groups excluding carboxylic acids is 1. The van der Waals surface area contributed by atoms with Crippen LogP contribution in [0, 0.1) is 6.92 Å². The number of fused-ring (bicyclic) bond motifs is 1. The number of pyridine rings is 1. The van der Waals surface area contributed by atoms with Crippen molar-refractivity contribution in [2.45, 2.75) is 45.4 Å². The van der Waals surface area contributed by atoms with Gasteiger partial charge in [0.1, 0.15) is 17.7 Å². The van der Waals surface area contributed by atoms with E-state index in [-0.39, 0.29) is 12.0 Å². The molecular formula is C21H25N3O3. The second kappa shape index (κ2) is 7.19. The quantitative estimate of drug-likeness (QED) is 0.869. The molecule has 2 N–H and O–H groups in total. The van der Waals surface area contributed by atoms with E-state index in [2.05, 4.69) is 10.2 Å². The Morgan fingerprint density at radius 3 is 2.63 bits per heavy atom. The van der Waals surface area contributed by atoms with E-state index < -0.39 is 6.10 Å². The molecule has 1 amide bonds. The van der Waals surface area contributed by atoms with Gasteiger partial charge in [-0.1, -0.05) is 12.1 Å². The number of nitrogens with one attached hydrogen (secondary N) is 1. The van der Waals surface area contributed by atoms with Crippen LogP contribution >= 0.6 is 0 Å². The molecule has 142 valence electrons. The zero-order chi connectivity index (χ0) is 19.0.